The van der Waals surface area contributed by atoms with E-state index in [1.165, 1.54) is 23.5 Å². The standard InChI is InChI=1S/C8H3ClFNO2S/c9-7-3-4-6(14-7)2-1-5(10)8(4)11(12)13/h1-3H. The number of rotatable bonds is 1. The van der Waals surface area contributed by atoms with Gasteiger partial charge in [-0.2, -0.15) is 4.39 Å². The smallest absolute Gasteiger partial charge is 0.258 e. The van der Waals surface area contributed by atoms with Gasteiger partial charge in [-0.15, -0.1) is 11.3 Å². The van der Waals surface area contributed by atoms with E-state index < -0.39 is 16.4 Å². The maximum absolute atomic E-state index is 13.1. The lowest BCUT2D eigenvalue weighted by Crippen LogP contribution is -1.92. The topological polar surface area (TPSA) is 43.1 Å². The summed E-state index contributed by atoms with van der Waals surface area (Å²) >= 11 is 6.87. The predicted molar refractivity (Wildman–Crippen MR) is 53.4 cm³/mol. The number of benzene rings is 1. The Kier molecular flexibility index (Phi) is 2.13. The molecule has 0 radical (unpaired) electrons. The molecule has 1 aromatic carbocycles. The first-order valence-corrected chi connectivity index (χ1v) is 4.81. The Labute approximate surface area is 86.9 Å². The molecular formula is C8H3ClFNO2S. The zero-order valence-electron chi connectivity index (χ0n) is 6.66. The van der Waals surface area contributed by atoms with Gasteiger partial charge in [-0.05, 0) is 18.2 Å². The fourth-order valence-corrected chi connectivity index (χ4v) is 2.37. The van der Waals surface area contributed by atoms with E-state index in [-0.39, 0.29) is 5.39 Å². The van der Waals surface area contributed by atoms with Gasteiger partial charge < -0.3 is 0 Å². The third kappa shape index (κ3) is 1.34. The third-order valence-corrected chi connectivity index (χ3v) is 3.01. The Morgan fingerprint density at radius 3 is 2.86 bits per heavy atom. The summed E-state index contributed by atoms with van der Waals surface area (Å²) in [6.07, 6.45) is 0. The van der Waals surface area contributed by atoms with Gasteiger partial charge in [-0.25, -0.2) is 0 Å². The van der Waals surface area contributed by atoms with Crippen molar-refractivity contribution in [2.45, 2.75) is 0 Å². The molecule has 0 unspecified atom stereocenters. The van der Waals surface area contributed by atoms with Crippen molar-refractivity contribution >= 4 is 38.7 Å². The maximum Gasteiger partial charge on any atom is 0.313 e. The first-order chi connectivity index (χ1) is 6.59. The zero-order valence-corrected chi connectivity index (χ0v) is 8.23. The van der Waals surface area contributed by atoms with Crippen LogP contribution in [0.4, 0.5) is 10.1 Å². The summed E-state index contributed by atoms with van der Waals surface area (Å²) in [5.74, 6) is -0.836. The number of nitrogens with zero attached hydrogens (tertiary/aromatic N) is 1. The van der Waals surface area contributed by atoms with Crippen molar-refractivity contribution in [3.05, 3.63) is 38.5 Å². The molecule has 0 spiro atoms. The lowest BCUT2D eigenvalue weighted by molar-refractivity contribution is -0.385. The molecule has 2 aromatic rings. The van der Waals surface area contributed by atoms with Gasteiger partial charge in [0.15, 0.2) is 0 Å². The Bertz CT molecular complexity index is 525. The summed E-state index contributed by atoms with van der Waals surface area (Å²) in [6.45, 7) is 0. The molecule has 2 rings (SSSR count). The van der Waals surface area contributed by atoms with Crippen LogP contribution in [0.3, 0.4) is 0 Å². The quantitative estimate of drug-likeness (QED) is 0.556. The Morgan fingerprint density at radius 1 is 1.50 bits per heavy atom. The number of nitro benzene ring substituents is 1. The molecule has 0 amide bonds. The summed E-state index contributed by atoms with van der Waals surface area (Å²) < 4.78 is 14.1. The van der Waals surface area contributed by atoms with Crippen molar-refractivity contribution in [1.82, 2.24) is 0 Å². The molecule has 1 heterocycles. The van der Waals surface area contributed by atoms with E-state index in [2.05, 4.69) is 0 Å². The maximum atomic E-state index is 13.1. The fourth-order valence-electron chi connectivity index (χ4n) is 1.22. The summed E-state index contributed by atoms with van der Waals surface area (Å²) in [4.78, 5) is 9.84. The van der Waals surface area contributed by atoms with Gasteiger partial charge >= 0.3 is 5.69 Å². The minimum atomic E-state index is -0.836. The molecule has 1 aromatic heterocycles. The number of nitro groups is 1. The van der Waals surface area contributed by atoms with Crippen LogP contribution in [0.2, 0.25) is 4.34 Å². The Morgan fingerprint density at radius 2 is 2.21 bits per heavy atom. The third-order valence-electron chi connectivity index (χ3n) is 1.78. The van der Waals surface area contributed by atoms with Gasteiger partial charge in [-0.3, -0.25) is 10.1 Å². The van der Waals surface area contributed by atoms with Crippen molar-refractivity contribution in [1.29, 1.82) is 0 Å². The van der Waals surface area contributed by atoms with Gasteiger partial charge in [-0.1, -0.05) is 11.6 Å². The second-order valence-electron chi connectivity index (χ2n) is 2.62. The van der Waals surface area contributed by atoms with Crippen LogP contribution in [0, 0.1) is 15.9 Å². The van der Waals surface area contributed by atoms with Gasteiger partial charge in [0.05, 0.1) is 14.6 Å². The number of hydrogen-bond acceptors (Lipinski definition) is 3. The zero-order chi connectivity index (χ0) is 10.3. The van der Waals surface area contributed by atoms with Crippen LogP contribution in [0.5, 0.6) is 0 Å². The highest BCUT2D eigenvalue weighted by atomic mass is 35.5. The van der Waals surface area contributed by atoms with E-state index >= 15 is 0 Å². The molecule has 0 N–H and O–H groups in total. The van der Waals surface area contributed by atoms with E-state index in [0.717, 1.165) is 6.07 Å². The van der Waals surface area contributed by atoms with Gasteiger partial charge in [0, 0.05) is 4.70 Å². The molecule has 0 fully saturated rings. The molecule has 0 aliphatic heterocycles. The molecule has 0 aliphatic rings. The van der Waals surface area contributed by atoms with E-state index in [1.807, 2.05) is 0 Å². The van der Waals surface area contributed by atoms with Crippen LogP contribution in [-0.2, 0) is 0 Å². The minimum absolute atomic E-state index is 0.255. The van der Waals surface area contributed by atoms with Crippen LogP contribution >= 0.6 is 22.9 Å². The second kappa shape index (κ2) is 3.18. The molecule has 0 aliphatic carbocycles. The lowest BCUT2D eigenvalue weighted by Gasteiger charge is -1.94. The van der Waals surface area contributed by atoms with Crippen LogP contribution in [0.25, 0.3) is 10.1 Å². The summed E-state index contributed by atoms with van der Waals surface area (Å²) in [7, 11) is 0. The molecule has 0 saturated carbocycles. The Hall–Kier alpha value is -1.20. The molecule has 0 saturated heterocycles. The highest BCUT2D eigenvalue weighted by Gasteiger charge is 2.19. The summed E-state index contributed by atoms with van der Waals surface area (Å²) in [5, 5.41) is 10.8. The monoisotopic (exact) mass is 231 g/mol. The molecule has 0 atom stereocenters. The number of hydrogen-bond donors (Lipinski definition) is 0. The number of halogens is 2. The van der Waals surface area contributed by atoms with Crippen LogP contribution < -0.4 is 0 Å². The first-order valence-electron chi connectivity index (χ1n) is 3.61. The van der Waals surface area contributed by atoms with E-state index in [9.17, 15) is 14.5 Å². The molecule has 3 nitrogen and oxygen atoms in total. The SMILES string of the molecule is O=[N+]([O-])c1c(F)ccc2sc(Cl)cc12. The van der Waals surface area contributed by atoms with Crippen molar-refractivity contribution < 1.29 is 9.31 Å². The van der Waals surface area contributed by atoms with Crippen molar-refractivity contribution in [2.75, 3.05) is 0 Å². The molecule has 0 bridgehead atoms. The predicted octanol–water partition coefficient (Wildman–Crippen LogP) is 3.60. The summed E-state index contributed by atoms with van der Waals surface area (Å²) in [5.41, 5.74) is -0.509. The molecular weight excluding hydrogens is 229 g/mol. The Balaban J connectivity index is 2.88. The van der Waals surface area contributed by atoms with Gasteiger partial charge in [0.2, 0.25) is 5.82 Å². The lowest BCUT2D eigenvalue weighted by atomic mass is 10.2. The number of fused-ring (bicyclic) bond motifs is 1. The first kappa shape index (κ1) is 9.36. The van der Waals surface area contributed by atoms with Crippen LogP contribution in [0.15, 0.2) is 18.2 Å². The van der Waals surface area contributed by atoms with Crippen molar-refractivity contribution in [3.8, 4) is 0 Å². The highest BCUT2D eigenvalue weighted by molar-refractivity contribution is 7.22. The summed E-state index contributed by atoms with van der Waals surface area (Å²) in [6, 6.07) is 3.96. The number of thiophene rings is 1. The van der Waals surface area contributed by atoms with Gasteiger partial charge in [0.1, 0.15) is 0 Å². The molecule has 6 heteroatoms. The van der Waals surface area contributed by atoms with Crippen LogP contribution in [-0.4, -0.2) is 4.92 Å². The molecule has 14 heavy (non-hydrogen) atoms. The van der Waals surface area contributed by atoms with Crippen molar-refractivity contribution in [3.63, 3.8) is 0 Å². The van der Waals surface area contributed by atoms with Gasteiger partial charge in [0.25, 0.3) is 0 Å². The van der Waals surface area contributed by atoms with Crippen LogP contribution in [0.1, 0.15) is 0 Å². The van der Waals surface area contributed by atoms with Crippen molar-refractivity contribution in [2.24, 2.45) is 0 Å². The molecule has 72 valence electrons. The second-order valence-corrected chi connectivity index (χ2v) is 4.33. The normalized spacial score (nSPS) is 10.7. The minimum Gasteiger partial charge on any atom is -0.258 e. The average molecular weight is 232 g/mol. The largest absolute Gasteiger partial charge is 0.313 e. The van der Waals surface area contributed by atoms with E-state index in [4.69, 9.17) is 11.6 Å². The fraction of sp³-hybridized carbons (Fsp3) is 0. The van der Waals surface area contributed by atoms with E-state index in [0.29, 0.717) is 9.04 Å². The van der Waals surface area contributed by atoms with E-state index in [1.54, 1.807) is 0 Å². The average Bonchev–Trinajstić information content (AvgIpc) is 2.43. The highest BCUT2D eigenvalue weighted by Crippen LogP contribution is 2.36.